The molecule has 0 aliphatic carbocycles. The Labute approximate surface area is 124 Å². The summed E-state index contributed by atoms with van der Waals surface area (Å²) < 4.78 is 11.6. The predicted octanol–water partition coefficient (Wildman–Crippen LogP) is 4.01. The molecule has 0 aliphatic rings. The van der Waals surface area contributed by atoms with E-state index >= 15 is 0 Å². The molecule has 102 valence electrons. The van der Waals surface area contributed by atoms with E-state index in [2.05, 4.69) is 25.9 Å². The van der Waals surface area contributed by atoms with Crippen LogP contribution in [0.2, 0.25) is 0 Å². The quantitative estimate of drug-likeness (QED) is 0.788. The lowest BCUT2D eigenvalue weighted by Crippen LogP contribution is -1.89. The van der Waals surface area contributed by atoms with Crippen molar-refractivity contribution in [2.75, 3.05) is 14.2 Å². The number of hydrogen-bond acceptors (Lipinski definition) is 3. The summed E-state index contributed by atoms with van der Waals surface area (Å²) in [7, 11) is 3.24. The van der Waals surface area contributed by atoms with Crippen LogP contribution in [0, 0.1) is 0 Å². The Morgan fingerprint density at radius 1 is 1.00 bits per heavy atom. The molecule has 1 N–H and O–H groups in total. The molecule has 1 aromatic heterocycles. The number of halogens is 1. The molecule has 2 aromatic carbocycles. The van der Waals surface area contributed by atoms with Gasteiger partial charge < -0.3 is 14.5 Å². The van der Waals surface area contributed by atoms with E-state index in [1.165, 1.54) is 0 Å². The minimum absolute atomic E-state index is 0.675. The van der Waals surface area contributed by atoms with Crippen LogP contribution in [0.5, 0.6) is 11.5 Å². The van der Waals surface area contributed by atoms with Gasteiger partial charge in [-0.2, -0.15) is 0 Å². The highest BCUT2D eigenvalue weighted by molar-refractivity contribution is 9.10. The van der Waals surface area contributed by atoms with Gasteiger partial charge in [0.25, 0.3) is 0 Å². The van der Waals surface area contributed by atoms with Gasteiger partial charge in [-0.1, -0.05) is 28.1 Å². The molecule has 0 spiro atoms. The molecular weight excluding hydrogens is 320 g/mol. The number of hydrogen-bond donors (Lipinski definition) is 1. The highest BCUT2D eigenvalue weighted by atomic mass is 79.9. The fourth-order valence-electron chi connectivity index (χ4n) is 2.08. The van der Waals surface area contributed by atoms with Crippen molar-refractivity contribution in [3.63, 3.8) is 0 Å². The van der Waals surface area contributed by atoms with Crippen LogP contribution >= 0.6 is 15.9 Å². The SMILES string of the molecule is COc1cc2nc(-c3ccc(Br)cc3)[nH]c2cc1OC. The smallest absolute Gasteiger partial charge is 0.163 e. The molecule has 0 unspecified atom stereocenters. The molecular formula is C15H13BrN2O2. The van der Waals surface area contributed by atoms with Gasteiger partial charge in [-0.25, -0.2) is 4.98 Å². The number of aromatic nitrogens is 2. The second kappa shape index (κ2) is 5.17. The van der Waals surface area contributed by atoms with Gasteiger partial charge >= 0.3 is 0 Å². The van der Waals surface area contributed by atoms with E-state index in [1.54, 1.807) is 14.2 Å². The van der Waals surface area contributed by atoms with Crippen LogP contribution in [-0.4, -0.2) is 24.2 Å². The number of H-pyrrole nitrogens is 1. The van der Waals surface area contributed by atoms with Crippen LogP contribution in [0.15, 0.2) is 40.9 Å². The van der Waals surface area contributed by atoms with Crippen molar-refractivity contribution in [2.24, 2.45) is 0 Å². The minimum atomic E-state index is 0.675. The normalized spacial score (nSPS) is 10.8. The standard InChI is InChI=1S/C15H13BrN2O2/c1-19-13-7-11-12(8-14(13)20-2)18-15(17-11)9-3-5-10(16)6-4-9/h3-8H,1-2H3,(H,17,18). The zero-order chi connectivity index (χ0) is 14.1. The maximum absolute atomic E-state index is 5.30. The Bertz CT molecular complexity index is 709. The first-order valence-electron chi connectivity index (χ1n) is 6.09. The molecule has 0 bridgehead atoms. The van der Waals surface area contributed by atoms with Gasteiger partial charge in [-0.3, -0.25) is 0 Å². The van der Waals surface area contributed by atoms with Crippen molar-refractivity contribution in [3.05, 3.63) is 40.9 Å². The molecule has 3 rings (SSSR count). The van der Waals surface area contributed by atoms with Crippen molar-refractivity contribution in [3.8, 4) is 22.9 Å². The zero-order valence-electron chi connectivity index (χ0n) is 11.1. The Balaban J connectivity index is 2.12. The average molecular weight is 333 g/mol. The first-order chi connectivity index (χ1) is 9.71. The van der Waals surface area contributed by atoms with Gasteiger partial charge in [0, 0.05) is 22.2 Å². The van der Waals surface area contributed by atoms with Gasteiger partial charge in [0.2, 0.25) is 0 Å². The summed E-state index contributed by atoms with van der Waals surface area (Å²) >= 11 is 3.43. The summed E-state index contributed by atoms with van der Waals surface area (Å²) in [5, 5.41) is 0. The number of ether oxygens (including phenoxy) is 2. The number of imidazole rings is 1. The number of benzene rings is 2. The van der Waals surface area contributed by atoms with E-state index in [4.69, 9.17) is 9.47 Å². The van der Waals surface area contributed by atoms with Crippen molar-refractivity contribution < 1.29 is 9.47 Å². The first kappa shape index (κ1) is 13.0. The lowest BCUT2D eigenvalue weighted by atomic mass is 10.2. The number of methoxy groups -OCH3 is 2. The number of rotatable bonds is 3. The van der Waals surface area contributed by atoms with Gasteiger partial charge in [0.1, 0.15) is 5.82 Å². The fourth-order valence-corrected chi connectivity index (χ4v) is 2.35. The van der Waals surface area contributed by atoms with Crippen LogP contribution in [-0.2, 0) is 0 Å². The topological polar surface area (TPSA) is 47.1 Å². The summed E-state index contributed by atoms with van der Waals surface area (Å²) in [5.74, 6) is 2.18. The van der Waals surface area contributed by atoms with Crippen molar-refractivity contribution in [1.29, 1.82) is 0 Å². The van der Waals surface area contributed by atoms with Crippen LogP contribution in [0.25, 0.3) is 22.4 Å². The van der Waals surface area contributed by atoms with Crippen LogP contribution in [0.1, 0.15) is 0 Å². The third-order valence-corrected chi connectivity index (χ3v) is 3.63. The fraction of sp³-hybridized carbons (Fsp3) is 0.133. The third kappa shape index (κ3) is 2.25. The monoisotopic (exact) mass is 332 g/mol. The lowest BCUT2D eigenvalue weighted by Gasteiger charge is -2.06. The Morgan fingerprint density at radius 2 is 1.65 bits per heavy atom. The molecule has 0 saturated carbocycles. The molecule has 0 saturated heterocycles. The highest BCUT2D eigenvalue weighted by Crippen LogP contribution is 2.32. The van der Waals surface area contributed by atoms with Crippen LogP contribution in [0.4, 0.5) is 0 Å². The van der Waals surface area contributed by atoms with Gasteiger partial charge in [0.05, 0.1) is 25.3 Å². The van der Waals surface area contributed by atoms with E-state index in [0.29, 0.717) is 11.5 Å². The molecule has 0 fully saturated rings. The summed E-state index contributed by atoms with van der Waals surface area (Å²) in [4.78, 5) is 7.89. The van der Waals surface area contributed by atoms with Gasteiger partial charge in [-0.05, 0) is 12.1 Å². The van der Waals surface area contributed by atoms with Crippen LogP contribution < -0.4 is 9.47 Å². The molecule has 3 aromatic rings. The second-order valence-corrected chi connectivity index (χ2v) is 5.23. The Morgan fingerprint density at radius 3 is 2.30 bits per heavy atom. The van der Waals surface area contributed by atoms with E-state index in [0.717, 1.165) is 26.9 Å². The summed E-state index contributed by atoms with van der Waals surface area (Å²) in [6, 6.07) is 11.8. The van der Waals surface area contributed by atoms with Crippen LogP contribution in [0.3, 0.4) is 0 Å². The molecule has 1 heterocycles. The Hall–Kier alpha value is -2.01. The summed E-state index contributed by atoms with van der Waals surface area (Å²) in [5.41, 5.74) is 2.79. The Kier molecular flexibility index (Phi) is 3.36. The molecule has 0 radical (unpaired) electrons. The summed E-state index contributed by atoms with van der Waals surface area (Å²) in [6.45, 7) is 0. The second-order valence-electron chi connectivity index (χ2n) is 4.32. The number of nitrogens with zero attached hydrogens (tertiary/aromatic N) is 1. The number of aromatic amines is 1. The molecule has 20 heavy (non-hydrogen) atoms. The third-order valence-electron chi connectivity index (χ3n) is 3.10. The molecule has 0 atom stereocenters. The molecule has 0 aliphatic heterocycles. The van der Waals surface area contributed by atoms with Gasteiger partial charge in [-0.15, -0.1) is 0 Å². The van der Waals surface area contributed by atoms with Gasteiger partial charge in [0.15, 0.2) is 11.5 Å². The van der Waals surface area contributed by atoms with E-state index in [9.17, 15) is 0 Å². The van der Waals surface area contributed by atoms with Crippen molar-refractivity contribution >= 4 is 27.0 Å². The zero-order valence-corrected chi connectivity index (χ0v) is 12.7. The average Bonchev–Trinajstić information content (AvgIpc) is 2.89. The van der Waals surface area contributed by atoms with Crippen molar-refractivity contribution in [1.82, 2.24) is 9.97 Å². The summed E-state index contributed by atoms with van der Waals surface area (Å²) in [6.07, 6.45) is 0. The molecule has 4 nitrogen and oxygen atoms in total. The van der Waals surface area contributed by atoms with E-state index < -0.39 is 0 Å². The maximum atomic E-state index is 5.30. The van der Waals surface area contributed by atoms with Crippen molar-refractivity contribution in [2.45, 2.75) is 0 Å². The maximum Gasteiger partial charge on any atom is 0.163 e. The minimum Gasteiger partial charge on any atom is -0.493 e. The highest BCUT2D eigenvalue weighted by Gasteiger charge is 2.10. The first-order valence-corrected chi connectivity index (χ1v) is 6.88. The largest absolute Gasteiger partial charge is 0.493 e. The van der Waals surface area contributed by atoms with E-state index in [1.807, 2.05) is 36.4 Å². The molecule has 5 heteroatoms. The number of fused-ring (bicyclic) bond motifs is 1. The molecule has 0 amide bonds. The number of nitrogens with one attached hydrogen (secondary N) is 1. The predicted molar refractivity (Wildman–Crippen MR) is 82.3 cm³/mol. The van der Waals surface area contributed by atoms with E-state index in [-0.39, 0.29) is 0 Å². The lowest BCUT2D eigenvalue weighted by molar-refractivity contribution is 0.356.